The molecule has 0 aliphatic heterocycles. The predicted octanol–water partition coefficient (Wildman–Crippen LogP) is 18.0. The van der Waals surface area contributed by atoms with E-state index < -0.39 is 12.1 Å². The van der Waals surface area contributed by atoms with Crippen LogP contribution in [0.2, 0.25) is 0 Å². The summed E-state index contributed by atoms with van der Waals surface area (Å²) in [5.41, 5.74) is 0. The van der Waals surface area contributed by atoms with E-state index in [9.17, 15) is 19.8 Å². The van der Waals surface area contributed by atoms with Gasteiger partial charge in [-0.05, 0) is 57.8 Å². The van der Waals surface area contributed by atoms with Gasteiger partial charge in [-0.3, -0.25) is 9.59 Å². The molecule has 388 valence electrons. The lowest BCUT2D eigenvalue weighted by molar-refractivity contribution is -0.143. The lowest BCUT2D eigenvalue weighted by Gasteiger charge is -2.20. The van der Waals surface area contributed by atoms with Gasteiger partial charge in [0.2, 0.25) is 5.91 Å². The van der Waals surface area contributed by atoms with Gasteiger partial charge in [0.1, 0.15) is 0 Å². The van der Waals surface area contributed by atoms with Gasteiger partial charge in [-0.1, -0.05) is 275 Å². The molecule has 0 rings (SSSR count). The molecule has 0 saturated heterocycles. The van der Waals surface area contributed by atoms with Crippen LogP contribution in [0.5, 0.6) is 0 Å². The smallest absolute Gasteiger partial charge is 0.305 e. The minimum atomic E-state index is -0.844. The van der Waals surface area contributed by atoms with E-state index in [-0.39, 0.29) is 18.5 Å². The molecule has 0 saturated carbocycles. The first-order valence-electron chi connectivity index (χ1n) is 29.3. The average molecular weight is 929 g/mol. The number of esters is 1. The summed E-state index contributed by atoms with van der Waals surface area (Å²) in [6.45, 7) is 4.86. The lowest BCUT2D eigenvalue weighted by atomic mass is 10.0. The summed E-state index contributed by atoms with van der Waals surface area (Å²) in [5, 5.41) is 23.1. The molecule has 0 aromatic carbocycles. The first-order valence-corrected chi connectivity index (χ1v) is 29.3. The normalized spacial score (nSPS) is 12.8. The highest BCUT2D eigenvalue weighted by Crippen LogP contribution is 2.17. The van der Waals surface area contributed by atoms with Crippen LogP contribution >= 0.6 is 0 Å². The molecule has 0 radical (unpaired) electrons. The second kappa shape index (κ2) is 55.7. The van der Waals surface area contributed by atoms with Crippen LogP contribution in [-0.4, -0.2) is 47.4 Å². The Hall–Kier alpha value is -1.92. The number of aliphatic hydroxyl groups is 2. The second-order valence-electron chi connectivity index (χ2n) is 20.0. The zero-order valence-corrected chi connectivity index (χ0v) is 44.2. The molecule has 6 heteroatoms. The number of ether oxygens (including phenoxy) is 1. The van der Waals surface area contributed by atoms with Crippen LogP contribution in [0.3, 0.4) is 0 Å². The first-order chi connectivity index (χ1) is 32.5. The van der Waals surface area contributed by atoms with Crippen molar-refractivity contribution in [2.75, 3.05) is 13.2 Å². The van der Waals surface area contributed by atoms with E-state index in [0.717, 1.165) is 51.4 Å². The molecular weight excluding hydrogens is 815 g/mol. The van der Waals surface area contributed by atoms with Gasteiger partial charge in [0.25, 0.3) is 0 Å². The zero-order valence-electron chi connectivity index (χ0n) is 44.2. The standard InChI is InChI=1S/C60H113NO5/c1-3-5-7-9-11-13-15-17-30-34-38-42-46-50-54-60(65)66-55-51-47-43-39-35-31-27-25-23-21-19-18-20-22-24-26-29-33-37-41-45-49-53-59(64)61-57(56-62)58(63)52-48-44-40-36-32-28-16-14-12-10-8-6-4-2/h9,11,15,17,48,52,57-58,62-63H,3-8,10,12-14,16,18-47,49-51,53-56H2,1-2H3,(H,61,64)/b11-9-,17-15-,52-48+. The summed E-state index contributed by atoms with van der Waals surface area (Å²) in [6.07, 6.45) is 68.8. The fraction of sp³-hybridized carbons (Fsp3) is 0.867. The van der Waals surface area contributed by atoms with Crippen molar-refractivity contribution < 1.29 is 24.5 Å². The van der Waals surface area contributed by atoms with Crippen molar-refractivity contribution >= 4 is 11.9 Å². The summed E-state index contributed by atoms with van der Waals surface area (Å²) < 4.78 is 5.47. The van der Waals surface area contributed by atoms with E-state index in [1.54, 1.807) is 6.08 Å². The topological polar surface area (TPSA) is 95.9 Å². The number of allylic oxidation sites excluding steroid dienone is 5. The van der Waals surface area contributed by atoms with Gasteiger partial charge >= 0.3 is 5.97 Å². The van der Waals surface area contributed by atoms with Crippen LogP contribution in [0.15, 0.2) is 36.5 Å². The quantitative estimate of drug-likeness (QED) is 0.0321. The Balaban J connectivity index is 3.40. The Morgan fingerprint density at radius 1 is 0.424 bits per heavy atom. The average Bonchev–Trinajstić information content (AvgIpc) is 3.32. The Morgan fingerprint density at radius 3 is 1.20 bits per heavy atom. The summed E-state index contributed by atoms with van der Waals surface area (Å²) in [7, 11) is 0. The Labute approximate surface area is 411 Å². The SMILES string of the molecule is CCCC/C=C\C/C=C\CCCCCCCC(=O)OCCCCCCCCCCCCCCCCCCCCCCCCC(=O)NC(CO)C(O)/C=C/CCCCCCCCCCCCC. The van der Waals surface area contributed by atoms with E-state index >= 15 is 0 Å². The number of aliphatic hydroxyl groups excluding tert-OH is 2. The van der Waals surface area contributed by atoms with Crippen LogP contribution in [0.25, 0.3) is 0 Å². The Morgan fingerprint density at radius 2 is 0.773 bits per heavy atom. The van der Waals surface area contributed by atoms with Gasteiger partial charge < -0.3 is 20.3 Å². The molecule has 1 amide bonds. The van der Waals surface area contributed by atoms with E-state index in [1.807, 2.05) is 6.08 Å². The third-order valence-electron chi connectivity index (χ3n) is 13.4. The molecular formula is C60H113NO5. The van der Waals surface area contributed by atoms with Crippen LogP contribution < -0.4 is 5.32 Å². The first kappa shape index (κ1) is 64.1. The molecule has 0 aliphatic rings. The molecule has 2 unspecified atom stereocenters. The van der Waals surface area contributed by atoms with Crippen molar-refractivity contribution in [1.29, 1.82) is 0 Å². The number of hydrogen-bond donors (Lipinski definition) is 3. The number of carbonyl (C=O) groups is 2. The number of rotatable bonds is 54. The van der Waals surface area contributed by atoms with Crippen LogP contribution in [-0.2, 0) is 14.3 Å². The van der Waals surface area contributed by atoms with Gasteiger partial charge in [0, 0.05) is 12.8 Å². The largest absolute Gasteiger partial charge is 0.466 e. The van der Waals surface area contributed by atoms with Crippen LogP contribution in [0, 0.1) is 0 Å². The predicted molar refractivity (Wildman–Crippen MR) is 287 cm³/mol. The maximum atomic E-state index is 12.4. The molecule has 2 atom stereocenters. The highest BCUT2D eigenvalue weighted by atomic mass is 16.5. The summed E-state index contributed by atoms with van der Waals surface area (Å²) in [5.74, 6) is -0.0706. The van der Waals surface area contributed by atoms with E-state index in [4.69, 9.17) is 4.74 Å². The Bertz CT molecular complexity index is 1070. The minimum Gasteiger partial charge on any atom is -0.466 e. The molecule has 0 aliphatic carbocycles. The number of unbranched alkanes of at least 4 members (excludes halogenated alkanes) is 39. The Kier molecular flexibility index (Phi) is 54.1. The fourth-order valence-corrected chi connectivity index (χ4v) is 8.89. The number of nitrogens with one attached hydrogen (secondary N) is 1. The van der Waals surface area contributed by atoms with E-state index in [1.165, 1.54) is 231 Å². The van der Waals surface area contributed by atoms with Gasteiger partial charge in [0.05, 0.1) is 25.4 Å². The molecule has 0 spiro atoms. The van der Waals surface area contributed by atoms with E-state index in [0.29, 0.717) is 19.4 Å². The van der Waals surface area contributed by atoms with Crippen molar-refractivity contribution in [3.63, 3.8) is 0 Å². The monoisotopic (exact) mass is 928 g/mol. The molecule has 3 N–H and O–H groups in total. The third kappa shape index (κ3) is 51.5. The highest BCUT2D eigenvalue weighted by molar-refractivity contribution is 5.76. The van der Waals surface area contributed by atoms with Crippen LogP contribution in [0.4, 0.5) is 0 Å². The summed E-state index contributed by atoms with van der Waals surface area (Å²) in [4.78, 5) is 24.5. The second-order valence-corrected chi connectivity index (χ2v) is 20.0. The molecule has 66 heavy (non-hydrogen) atoms. The minimum absolute atomic E-state index is 0.00222. The summed E-state index contributed by atoms with van der Waals surface area (Å²) in [6, 6.07) is -0.627. The highest BCUT2D eigenvalue weighted by Gasteiger charge is 2.18. The zero-order chi connectivity index (χ0) is 47.9. The van der Waals surface area contributed by atoms with Crippen LogP contribution in [0.1, 0.15) is 309 Å². The van der Waals surface area contributed by atoms with Gasteiger partial charge in [-0.15, -0.1) is 0 Å². The maximum Gasteiger partial charge on any atom is 0.305 e. The van der Waals surface area contributed by atoms with Gasteiger partial charge in [-0.2, -0.15) is 0 Å². The van der Waals surface area contributed by atoms with E-state index in [2.05, 4.69) is 43.5 Å². The number of hydrogen-bond acceptors (Lipinski definition) is 5. The van der Waals surface area contributed by atoms with Gasteiger partial charge in [-0.25, -0.2) is 0 Å². The molecule has 0 heterocycles. The van der Waals surface area contributed by atoms with Crippen molar-refractivity contribution in [2.45, 2.75) is 321 Å². The maximum absolute atomic E-state index is 12.4. The number of amides is 1. The van der Waals surface area contributed by atoms with Crippen molar-refractivity contribution in [1.82, 2.24) is 5.32 Å². The molecule has 0 aromatic rings. The number of carbonyl (C=O) groups excluding carboxylic acids is 2. The van der Waals surface area contributed by atoms with Crippen molar-refractivity contribution in [3.8, 4) is 0 Å². The van der Waals surface area contributed by atoms with Gasteiger partial charge in [0.15, 0.2) is 0 Å². The molecule has 0 fully saturated rings. The van der Waals surface area contributed by atoms with Crippen molar-refractivity contribution in [3.05, 3.63) is 36.5 Å². The third-order valence-corrected chi connectivity index (χ3v) is 13.4. The summed E-state index contributed by atoms with van der Waals surface area (Å²) >= 11 is 0. The molecule has 6 nitrogen and oxygen atoms in total. The lowest BCUT2D eigenvalue weighted by Crippen LogP contribution is -2.45. The van der Waals surface area contributed by atoms with Crippen molar-refractivity contribution in [2.24, 2.45) is 0 Å². The molecule has 0 aromatic heterocycles. The fourth-order valence-electron chi connectivity index (χ4n) is 8.89. The molecule has 0 bridgehead atoms.